The quantitative estimate of drug-likeness (QED) is 0.429. The van der Waals surface area contributed by atoms with Crippen molar-refractivity contribution in [3.05, 3.63) is 29.8 Å². The Morgan fingerprint density at radius 1 is 1.09 bits per heavy atom. The number of carbonyl (C=O) groups excluding carboxylic acids is 1. The van der Waals surface area contributed by atoms with Gasteiger partial charge in [0.05, 0.1) is 5.56 Å². The van der Waals surface area contributed by atoms with Crippen LogP contribution in [0.3, 0.4) is 0 Å². The van der Waals surface area contributed by atoms with Gasteiger partial charge in [-0.3, -0.25) is 15.3 Å². The van der Waals surface area contributed by atoms with E-state index in [9.17, 15) is 9.59 Å². The van der Waals surface area contributed by atoms with E-state index in [0.717, 1.165) is 25.7 Å². The molecule has 0 aliphatic carbocycles. The fraction of sp³-hybridized carbons (Fsp3) is 0.500. The fourth-order valence-electron chi connectivity index (χ4n) is 2.10. The predicted octanol–water partition coefficient (Wildman–Crippen LogP) is 2.14. The lowest BCUT2D eigenvalue weighted by Crippen LogP contribution is -2.25. The van der Waals surface area contributed by atoms with Gasteiger partial charge in [-0.2, -0.15) is 0 Å². The van der Waals surface area contributed by atoms with Crippen molar-refractivity contribution < 1.29 is 19.4 Å². The maximum Gasteiger partial charge on any atom is 0.303 e. The van der Waals surface area contributed by atoms with Gasteiger partial charge in [-0.1, -0.05) is 31.4 Å². The smallest absolute Gasteiger partial charge is 0.303 e. The Morgan fingerprint density at radius 3 is 2.50 bits per heavy atom. The van der Waals surface area contributed by atoms with Gasteiger partial charge in [0.1, 0.15) is 12.5 Å². The molecule has 4 N–H and O–H groups in total. The Labute approximate surface area is 130 Å². The molecule has 6 nitrogen and oxygen atoms in total. The first-order valence-corrected chi connectivity index (χ1v) is 7.57. The zero-order chi connectivity index (χ0) is 16.2. The summed E-state index contributed by atoms with van der Waals surface area (Å²) in [5, 5.41) is 11.4. The summed E-state index contributed by atoms with van der Waals surface area (Å²) in [6.07, 6.45) is 4.68. The van der Waals surface area contributed by atoms with Gasteiger partial charge in [0.2, 0.25) is 0 Å². The van der Waals surface area contributed by atoms with E-state index in [-0.39, 0.29) is 19.1 Å². The number of benzene rings is 1. The number of hydrogen-bond donors (Lipinski definition) is 3. The molecule has 0 spiro atoms. The minimum atomic E-state index is -0.745. The van der Waals surface area contributed by atoms with Crippen LogP contribution in [-0.2, 0) is 4.79 Å². The van der Waals surface area contributed by atoms with Crippen LogP contribution in [0.1, 0.15) is 48.9 Å². The van der Waals surface area contributed by atoms with E-state index in [4.69, 9.17) is 15.6 Å². The second-order valence-corrected chi connectivity index (χ2v) is 4.97. The van der Waals surface area contributed by atoms with Gasteiger partial charge in [0.25, 0.3) is 5.91 Å². The fourth-order valence-corrected chi connectivity index (χ4v) is 2.10. The lowest BCUT2D eigenvalue weighted by Gasteiger charge is -2.10. The van der Waals surface area contributed by atoms with Gasteiger partial charge in [-0.25, -0.2) is 0 Å². The zero-order valence-electron chi connectivity index (χ0n) is 12.7. The molecule has 0 unspecified atom stereocenters. The van der Waals surface area contributed by atoms with Crippen molar-refractivity contribution in [3.8, 4) is 5.75 Å². The highest BCUT2D eigenvalue weighted by molar-refractivity contribution is 5.96. The van der Waals surface area contributed by atoms with Gasteiger partial charge in [-0.15, -0.1) is 0 Å². The summed E-state index contributed by atoms with van der Waals surface area (Å²) in [6.45, 7) is 0.620. The van der Waals surface area contributed by atoms with Crippen LogP contribution in [-0.4, -0.2) is 30.3 Å². The molecule has 0 radical (unpaired) electrons. The van der Waals surface area contributed by atoms with E-state index in [0.29, 0.717) is 24.3 Å². The Kier molecular flexibility index (Phi) is 8.67. The first-order chi connectivity index (χ1) is 10.6. The maximum atomic E-state index is 12.1. The molecule has 1 aromatic rings. The van der Waals surface area contributed by atoms with Crippen LogP contribution >= 0.6 is 0 Å². The molecular formula is C16H24N2O4. The van der Waals surface area contributed by atoms with Gasteiger partial charge < -0.3 is 15.2 Å². The lowest BCUT2D eigenvalue weighted by molar-refractivity contribution is -0.137. The topological polar surface area (TPSA) is 102 Å². The molecule has 0 saturated heterocycles. The number of rotatable bonds is 11. The molecule has 0 heterocycles. The Balaban J connectivity index is 2.20. The van der Waals surface area contributed by atoms with Crippen LogP contribution in [0.25, 0.3) is 0 Å². The molecule has 0 atom stereocenters. The number of nitrogens with two attached hydrogens (primary N) is 1. The van der Waals surface area contributed by atoms with Gasteiger partial charge in [-0.05, 0) is 25.0 Å². The van der Waals surface area contributed by atoms with Crippen LogP contribution in [0, 0.1) is 0 Å². The summed E-state index contributed by atoms with van der Waals surface area (Å²) in [7, 11) is 0. The van der Waals surface area contributed by atoms with E-state index in [2.05, 4.69) is 5.32 Å². The molecular weight excluding hydrogens is 284 g/mol. The van der Waals surface area contributed by atoms with Crippen molar-refractivity contribution in [1.82, 2.24) is 5.32 Å². The number of carbonyl (C=O) groups is 2. The van der Waals surface area contributed by atoms with Gasteiger partial charge in [0, 0.05) is 13.0 Å². The minimum Gasteiger partial charge on any atom is -0.481 e. The SMILES string of the molecule is NCOc1ccccc1C(=O)NCCCCCCCC(=O)O. The van der Waals surface area contributed by atoms with Crippen LogP contribution in [0.5, 0.6) is 5.75 Å². The predicted molar refractivity (Wildman–Crippen MR) is 83.8 cm³/mol. The normalized spacial score (nSPS) is 10.2. The van der Waals surface area contributed by atoms with E-state index < -0.39 is 5.97 Å². The molecule has 1 amide bonds. The van der Waals surface area contributed by atoms with Gasteiger partial charge in [0.15, 0.2) is 0 Å². The first kappa shape index (κ1) is 18.0. The number of carboxylic acid groups (broad SMARTS) is 1. The molecule has 0 aliphatic heterocycles. The van der Waals surface area contributed by atoms with Crippen LogP contribution in [0.4, 0.5) is 0 Å². The largest absolute Gasteiger partial charge is 0.481 e. The third-order valence-corrected chi connectivity index (χ3v) is 3.22. The second kappa shape index (κ2) is 10.6. The lowest BCUT2D eigenvalue weighted by atomic mass is 10.1. The Hall–Kier alpha value is -2.08. The summed E-state index contributed by atoms with van der Waals surface area (Å²) in [5.41, 5.74) is 5.82. The van der Waals surface area contributed by atoms with Crippen molar-refractivity contribution >= 4 is 11.9 Å². The molecule has 0 bridgehead atoms. The summed E-state index contributed by atoms with van der Waals surface area (Å²) >= 11 is 0. The molecule has 1 aromatic carbocycles. The summed E-state index contributed by atoms with van der Waals surface area (Å²) in [6, 6.07) is 6.98. The maximum absolute atomic E-state index is 12.1. The number of unbranched alkanes of at least 4 members (excludes halogenated alkanes) is 4. The number of hydrogen-bond acceptors (Lipinski definition) is 4. The number of ether oxygens (including phenoxy) is 1. The highest BCUT2D eigenvalue weighted by Gasteiger charge is 2.10. The Bertz CT molecular complexity index is 477. The number of carboxylic acids is 1. The van der Waals surface area contributed by atoms with E-state index in [1.54, 1.807) is 24.3 Å². The summed E-state index contributed by atoms with van der Waals surface area (Å²) in [5.74, 6) is -0.434. The Morgan fingerprint density at radius 2 is 1.77 bits per heavy atom. The number of para-hydroxylation sites is 1. The van der Waals surface area contributed by atoms with E-state index in [1.807, 2.05) is 0 Å². The zero-order valence-corrected chi connectivity index (χ0v) is 12.7. The highest BCUT2D eigenvalue weighted by Crippen LogP contribution is 2.17. The minimum absolute atomic E-state index is 0.0284. The highest BCUT2D eigenvalue weighted by atomic mass is 16.5. The first-order valence-electron chi connectivity index (χ1n) is 7.57. The average Bonchev–Trinajstić information content (AvgIpc) is 2.50. The molecule has 0 aromatic heterocycles. The van der Waals surface area contributed by atoms with E-state index in [1.165, 1.54) is 0 Å². The van der Waals surface area contributed by atoms with Gasteiger partial charge >= 0.3 is 5.97 Å². The van der Waals surface area contributed by atoms with Crippen molar-refractivity contribution in [2.24, 2.45) is 5.73 Å². The van der Waals surface area contributed by atoms with Crippen molar-refractivity contribution in [2.75, 3.05) is 13.3 Å². The average molecular weight is 308 g/mol. The number of amides is 1. The molecule has 22 heavy (non-hydrogen) atoms. The molecule has 0 fully saturated rings. The van der Waals surface area contributed by atoms with E-state index >= 15 is 0 Å². The monoisotopic (exact) mass is 308 g/mol. The van der Waals surface area contributed by atoms with Crippen LogP contribution in [0.2, 0.25) is 0 Å². The number of nitrogens with one attached hydrogen (secondary N) is 1. The molecule has 1 rings (SSSR count). The van der Waals surface area contributed by atoms with Crippen LogP contribution < -0.4 is 15.8 Å². The van der Waals surface area contributed by atoms with Crippen molar-refractivity contribution in [1.29, 1.82) is 0 Å². The second-order valence-electron chi connectivity index (χ2n) is 4.97. The van der Waals surface area contributed by atoms with Crippen molar-refractivity contribution in [3.63, 3.8) is 0 Å². The molecule has 6 heteroatoms. The third-order valence-electron chi connectivity index (χ3n) is 3.22. The summed E-state index contributed by atoms with van der Waals surface area (Å²) in [4.78, 5) is 22.4. The molecule has 0 saturated carbocycles. The molecule has 122 valence electrons. The standard InChI is InChI=1S/C16H24N2O4/c17-12-22-14-9-6-5-8-13(14)16(21)18-11-7-3-1-2-4-10-15(19)20/h5-6,8-9H,1-4,7,10-12,17H2,(H,18,21)(H,19,20). The summed E-state index contributed by atoms with van der Waals surface area (Å²) < 4.78 is 5.22. The number of aliphatic carboxylic acids is 1. The van der Waals surface area contributed by atoms with Crippen molar-refractivity contribution in [2.45, 2.75) is 38.5 Å². The van der Waals surface area contributed by atoms with Crippen LogP contribution in [0.15, 0.2) is 24.3 Å². The third kappa shape index (κ3) is 7.08. The molecule has 0 aliphatic rings.